The lowest BCUT2D eigenvalue weighted by atomic mass is 9.78. The summed E-state index contributed by atoms with van der Waals surface area (Å²) < 4.78 is 9.38. The molecule has 2 fully saturated rings. The van der Waals surface area contributed by atoms with E-state index < -0.39 is 30.1 Å². The van der Waals surface area contributed by atoms with E-state index in [0.29, 0.717) is 18.8 Å². The van der Waals surface area contributed by atoms with Crippen molar-refractivity contribution in [2.75, 3.05) is 27.3 Å². The molecule has 314 valence electrons. The summed E-state index contributed by atoms with van der Waals surface area (Å²) in [5, 5.41) is 8.21. The molecular formula is C44H56N8O7. The number of benzene rings is 2. The van der Waals surface area contributed by atoms with Crippen LogP contribution >= 0.6 is 0 Å². The number of aromatic amines is 2. The van der Waals surface area contributed by atoms with Crippen molar-refractivity contribution in [3.63, 3.8) is 0 Å². The van der Waals surface area contributed by atoms with Crippen molar-refractivity contribution in [2.45, 2.75) is 90.3 Å². The average Bonchev–Trinajstić information content (AvgIpc) is 4.05. The number of imidazole rings is 2. The van der Waals surface area contributed by atoms with E-state index in [9.17, 15) is 24.0 Å². The molecule has 0 bridgehead atoms. The van der Waals surface area contributed by atoms with Gasteiger partial charge in [0.1, 0.15) is 30.3 Å². The Bertz CT molecular complexity index is 2090. The van der Waals surface area contributed by atoms with Crippen molar-refractivity contribution in [3.8, 4) is 33.6 Å². The lowest BCUT2D eigenvalue weighted by Gasteiger charge is -2.31. The standard InChI is InChI=1S/C44H56N8O7/c1-25(2)37(42(55)47-24-36(53)58-5)50-41(54)32-11-8-7-10-31(32)39-45-22-33(48-39)29-17-13-27(14-18-29)28-15-19-30(20-16-28)34-23-46-40(49-34)35-12-9-21-52(35)43(56)38(26(3)4)51-44(57)59-6/h13-20,22-23,25-26,31-32,35,37-38H,7-12,21,24H2,1-6H3,(H,45,48)(H,46,49)(H,47,55)(H,50,54)(H,51,57)/t31-,32?,35?,37?,38?/m1/s1. The van der Waals surface area contributed by atoms with Gasteiger partial charge in [-0.3, -0.25) is 19.2 Å². The zero-order chi connectivity index (χ0) is 42.2. The maximum atomic E-state index is 13.7. The molecule has 1 saturated carbocycles. The van der Waals surface area contributed by atoms with Gasteiger partial charge in [-0.25, -0.2) is 14.8 Å². The first-order valence-electron chi connectivity index (χ1n) is 20.5. The smallest absolute Gasteiger partial charge is 0.407 e. The SMILES string of the molecule is COC(=O)CNC(=O)C(NC(=O)C1CCCC[C@H]1c1ncc(-c2ccc(-c3ccc(-c4cnc(C5CCCN5C(=O)C(NC(=O)OC)C(C)C)[nH]4)cc3)cc2)[nH]1)C(C)C. The van der Waals surface area contributed by atoms with Gasteiger partial charge < -0.3 is 40.3 Å². The summed E-state index contributed by atoms with van der Waals surface area (Å²) in [4.78, 5) is 81.7. The predicted octanol–water partition coefficient (Wildman–Crippen LogP) is 5.88. The molecule has 0 spiro atoms. The number of hydrogen-bond acceptors (Lipinski definition) is 9. The van der Waals surface area contributed by atoms with Gasteiger partial charge in [0.05, 0.1) is 44.0 Å². The van der Waals surface area contributed by atoms with Gasteiger partial charge >= 0.3 is 12.1 Å². The summed E-state index contributed by atoms with van der Waals surface area (Å²) in [6.45, 7) is 7.83. The number of aromatic nitrogens is 4. The number of nitrogens with zero attached hydrogens (tertiary/aromatic N) is 3. The second kappa shape index (κ2) is 19.2. The molecule has 5 N–H and O–H groups in total. The molecule has 2 aromatic carbocycles. The highest BCUT2D eigenvalue weighted by atomic mass is 16.5. The summed E-state index contributed by atoms with van der Waals surface area (Å²) in [7, 11) is 2.54. The zero-order valence-electron chi connectivity index (χ0n) is 34.7. The summed E-state index contributed by atoms with van der Waals surface area (Å²) in [5.74, 6) is -0.627. The lowest BCUT2D eigenvalue weighted by molar-refractivity contribution is -0.141. The van der Waals surface area contributed by atoms with Crippen molar-refractivity contribution in [1.29, 1.82) is 0 Å². The van der Waals surface area contributed by atoms with Gasteiger partial charge in [-0.2, -0.15) is 0 Å². The lowest BCUT2D eigenvalue weighted by Crippen LogP contribution is -2.52. The highest BCUT2D eigenvalue weighted by Gasteiger charge is 2.38. The molecule has 3 heterocycles. The van der Waals surface area contributed by atoms with Crippen molar-refractivity contribution in [1.82, 2.24) is 40.8 Å². The van der Waals surface area contributed by atoms with Gasteiger partial charge in [0, 0.05) is 18.4 Å². The Balaban J connectivity index is 1.09. The van der Waals surface area contributed by atoms with E-state index in [1.165, 1.54) is 14.2 Å². The van der Waals surface area contributed by atoms with E-state index >= 15 is 0 Å². The van der Waals surface area contributed by atoms with E-state index in [1.54, 1.807) is 17.3 Å². The molecule has 1 saturated heterocycles. The number of amides is 4. The second-order valence-electron chi connectivity index (χ2n) is 16.1. The molecule has 2 aliphatic rings. The Labute approximate surface area is 344 Å². The van der Waals surface area contributed by atoms with Crippen LogP contribution in [-0.4, -0.2) is 94.0 Å². The third-order valence-electron chi connectivity index (χ3n) is 11.5. The first-order chi connectivity index (χ1) is 28.4. The van der Waals surface area contributed by atoms with E-state index in [2.05, 4.69) is 59.9 Å². The Kier molecular flexibility index (Phi) is 13.8. The minimum atomic E-state index is -0.788. The van der Waals surface area contributed by atoms with Crippen LogP contribution in [0.15, 0.2) is 60.9 Å². The Morgan fingerprint density at radius 1 is 0.712 bits per heavy atom. The molecule has 1 aliphatic carbocycles. The van der Waals surface area contributed by atoms with Gasteiger partial charge in [-0.1, -0.05) is 89.1 Å². The molecule has 1 aliphatic heterocycles. The monoisotopic (exact) mass is 808 g/mol. The number of alkyl carbamates (subject to hydrolysis) is 1. The zero-order valence-corrected chi connectivity index (χ0v) is 34.7. The molecule has 15 nitrogen and oxygen atoms in total. The molecule has 4 unspecified atom stereocenters. The van der Waals surface area contributed by atoms with Gasteiger partial charge in [0.25, 0.3) is 0 Å². The van der Waals surface area contributed by atoms with Crippen LogP contribution in [0.1, 0.15) is 89.8 Å². The molecule has 15 heteroatoms. The first-order valence-corrected chi connectivity index (χ1v) is 20.5. The highest BCUT2D eigenvalue weighted by molar-refractivity contribution is 5.91. The number of rotatable bonds is 14. The van der Waals surface area contributed by atoms with Gasteiger partial charge in [-0.15, -0.1) is 0 Å². The van der Waals surface area contributed by atoms with Crippen molar-refractivity contribution in [2.24, 2.45) is 17.8 Å². The third-order valence-corrected chi connectivity index (χ3v) is 11.5. The van der Waals surface area contributed by atoms with Crippen molar-refractivity contribution in [3.05, 3.63) is 72.6 Å². The molecule has 2 aromatic heterocycles. The van der Waals surface area contributed by atoms with E-state index in [-0.39, 0.29) is 48.1 Å². The molecule has 0 radical (unpaired) electrons. The van der Waals surface area contributed by atoms with Crippen LogP contribution in [0, 0.1) is 17.8 Å². The summed E-state index contributed by atoms with van der Waals surface area (Å²) in [5.41, 5.74) is 5.73. The summed E-state index contributed by atoms with van der Waals surface area (Å²) >= 11 is 0. The number of esters is 1. The number of carbonyl (C=O) groups excluding carboxylic acids is 5. The van der Waals surface area contributed by atoms with Gasteiger partial charge in [-0.05, 0) is 59.8 Å². The topological polar surface area (TPSA) is 200 Å². The third kappa shape index (κ3) is 10.0. The van der Waals surface area contributed by atoms with Crippen LogP contribution in [0.4, 0.5) is 4.79 Å². The number of carbonyl (C=O) groups is 5. The van der Waals surface area contributed by atoms with E-state index in [4.69, 9.17) is 9.72 Å². The Hall–Kier alpha value is -5.99. The average molecular weight is 809 g/mol. The minimum absolute atomic E-state index is 0.111. The first kappa shape index (κ1) is 42.6. The maximum Gasteiger partial charge on any atom is 0.407 e. The quantitative estimate of drug-likeness (QED) is 0.0965. The fourth-order valence-corrected chi connectivity index (χ4v) is 8.11. The fraction of sp³-hybridized carbons (Fsp3) is 0.477. The van der Waals surface area contributed by atoms with Crippen LogP contribution in [-0.2, 0) is 28.7 Å². The van der Waals surface area contributed by atoms with Crippen LogP contribution in [0.3, 0.4) is 0 Å². The van der Waals surface area contributed by atoms with Gasteiger partial charge in [0.2, 0.25) is 17.7 Å². The number of likely N-dealkylation sites (tertiary alicyclic amines) is 1. The summed E-state index contributed by atoms with van der Waals surface area (Å²) in [6.07, 6.45) is 7.96. The fourth-order valence-electron chi connectivity index (χ4n) is 8.11. The molecule has 59 heavy (non-hydrogen) atoms. The number of methoxy groups -OCH3 is 2. The number of nitrogens with one attached hydrogen (secondary N) is 5. The van der Waals surface area contributed by atoms with Gasteiger partial charge in [0.15, 0.2) is 0 Å². The molecule has 6 rings (SSSR count). The Morgan fingerprint density at radius 3 is 1.85 bits per heavy atom. The maximum absolute atomic E-state index is 13.7. The molecular weight excluding hydrogens is 753 g/mol. The van der Waals surface area contributed by atoms with Crippen LogP contribution in [0.5, 0.6) is 0 Å². The normalized spacial score (nSPS) is 18.9. The molecule has 4 amide bonds. The number of hydrogen-bond donors (Lipinski definition) is 5. The predicted molar refractivity (Wildman–Crippen MR) is 221 cm³/mol. The van der Waals surface area contributed by atoms with E-state index in [0.717, 1.165) is 71.6 Å². The second-order valence-corrected chi connectivity index (χ2v) is 16.1. The Morgan fingerprint density at radius 2 is 1.27 bits per heavy atom. The van der Waals surface area contributed by atoms with Crippen LogP contribution in [0.25, 0.3) is 33.6 Å². The van der Waals surface area contributed by atoms with Crippen LogP contribution in [0.2, 0.25) is 0 Å². The number of ether oxygens (including phenoxy) is 2. The van der Waals surface area contributed by atoms with Crippen molar-refractivity contribution >= 4 is 29.8 Å². The minimum Gasteiger partial charge on any atom is -0.468 e. The molecule has 4 aromatic rings. The van der Waals surface area contributed by atoms with Crippen LogP contribution < -0.4 is 16.0 Å². The summed E-state index contributed by atoms with van der Waals surface area (Å²) in [6, 6.07) is 14.8. The number of H-pyrrole nitrogens is 2. The molecule has 5 atom stereocenters. The van der Waals surface area contributed by atoms with E-state index in [1.807, 2.05) is 52.0 Å². The highest BCUT2D eigenvalue weighted by Crippen LogP contribution is 2.38. The van der Waals surface area contributed by atoms with Crippen molar-refractivity contribution < 1.29 is 33.4 Å². The largest absolute Gasteiger partial charge is 0.468 e.